The fourth-order valence-corrected chi connectivity index (χ4v) is 0.576. The summed E-state index contributed by atoms with van der Waals surface area (Å²) in [5.74, 6) is -0.492. The molecule has 13 heavy (non-hydrogen) atoms. The number of hydrogen-bond donors (Lipinski definition) is 2. The summed E-state index contributed by atoms with van der Waals surface area (Å²) in [5.41, 5.74) is 1.37. The highest BCUT2D eigenvalue weighted by Crippen LogP contribution is 2.05. The van der Waals surface area contributed by atoms with Crippen LogP contribution in [0.3, 0.4) is 0 Å². The predicted molar refractivity (Wildman–Crippen MR) is 48.1 cm³/mol. The van der Waals surface area contributed by atoms with Crippen LogP contribution in [-0.4, -0.2) is 35.5 Å². The molecule has 0 aromatic rings. The van der Waals surface area contributed by atoms with Gasteiger partial charge in [-0.25, -0.2) is 4.79 Å². The molecular weight excluding hydrogens is 172 g/mol. The standard InChI is InChI=1S/C9H16O4/c1-6(2)7(3)9(12)13-8(4-10)5-11/h8,10-11H,4-5H2,1-3H3. The Morgan fingerprint density at radius 3 is 2.00 bits per heavy atom. The first kappa shape index (κ1) is 12.1. The fraction of sp³-hybridized carbons (Fsp3) is 0.667. The fourth-order valence-electron chi connectivity index (χ4n) is 0.576. The van der Waals surface area contributed by atoms with Crippen LogP contribution in [0.25, 0.3) is 0 Å². The molecule has 0 saturated heterocycles. The molecule has 0 bridgehead atoms. The van der Waals surface area contributed by atoms with Gasteiger partial charge in [-0.15, -0.1) is 0 Å². The van der Waals surface area contributed by atoms with Crippen LogP contribution in [0.2, 0.25) is 0 Å². The summed E-state index contributed by atoms with van der Waals surface area (Å²) < 4.78 is 4.78. The summed E-state index contributed by atoms with van der Waals surface area (Å²) in [5, 5.41) is 17.3. The molecule has 0 aliphatic carbocycles. The van der Waals surface area contributed by atoms with Gasteiger partial charge < -0.3 is 14.9 Å². The second-order valence-corrected chi connectivity index (χ2v) is 3.02. The van der Waals surface area contributed by atoms with Crippen LogP contribution in [0, 0.1) is 0 Å². The van der Waals surface area contributed by atoms with E-state index < -0.39 is 12.1 Å². The maximum absolute atomic E-state index is 11.2. The third-order valence-corrected chi connectivity index (χ3v) is 1.74. The third-order valence-electron chi connectivity index (χ3n) is 1.74. The lowest BCUT2D eigenvalue weighted by Crippen LogP contribution is -2.26. The van der Waals surface area contributed by atoms with Crippen LogP contribution in [0.15, 0.2) is 11.1 Å². The number of ether oxygens (including phenoxy) is 1. The largest absolute Gasteiger partial charge is 0.454 e. The maximum atomic E-state index is 11.2. The van der Waals surface area contributed by atoms with Crippen LogP contribution in [-0.2, 0) is 9.53 Å². The van der Waals surface area contributed by atoms with E-state index >= 15 is 0 Å². The van der Waals surface area contributed by atoms with Crippen molar-refractivity contribution in [3.05, 3.63) is 11.1 Å². The highest BCUT2D eigenvalue weighted by molar-refractivity contribution is 5.88. The Labute approximate surface area is 77.8 Å². The topological polar surface area (TPSA) is 66.8 Å². The molecule has 4 heteroatoms. The monoisotopic (exact) mass is 188 g/mol. The van der Waals surface area contributed by atoms with E-state index in [9.17, 15) is 4.79 Å². The van der Waals surface area contributed by atoms with Gasteiger partial charge in [0.1, 0.15) is 6.10 Å². The van der Waals surface area contributed by atoms with E-state index in [1.165, 1.54) is 0 Å². The van der Waals surface area contributed by atoms with E-state index in [0.717, 1.165) is 5.57 Å². The maximum Gasteiger partial charge on any atom is 0.334 e. The zero-order valence-corrected chi connectivity index (χ0v) is 8.20. The van der Waals surface area contributed by atoms with Crippen molar-refractivity contribution in [2.45, 2.75) is 26.9 Å². The van der Waals surface area contributed by atoms with Crippen LogP contribution < -0.4 is 0 Å². The molecule has 0 spiro atoms. The van der Waals surface area contributed by atoms with Gasteiger partial charge in [-0.1, -0.05) is 5.57 Å². The first-order valence-corrected chi connectivity index (χ1v) is 4.09. The van der Waals surface area contributed by atoms with Gasteiger partial charge >= 0.3 is 5.97 Å². The molecule has 0 amide bonds. The molecule has 0 aromatic heterocycles. The van der Waals surface area contributed by atoms with Crippen LogP contribution in [0.5, 0.6) is 0 Å². The summed E-state index contributed by atoms with van der Waals surface area (Å²) >= 11 is 0. The van der Waals surface area contributed by atoms with Gasteiger partial charge in [-0.05, 0) is 20.8 Å². The minimum absolute atomic E-state index is 0.363. The van der Waals surface area contributed by atoms with E-state index in [2.05, 4.69) is 0 Å². The van der Waals surface area contributed by atoms with E-state index in [4.69, 9.17) is 14.9 Å². The molecule has 2 N–H and O–H groups in total. The molecule has 0 saturated carbocycles. The molecule has 4 nitrogen and oxygen atoms in total. The molecule has 76 valence electrons. The quantitative estimate of drug-likeness (QED) is 0.490. The van der Waals surface area contributed by atoms with Crippen molar-refractivity contribution in [2.24, 2.45) is 0 Å². The van der Waals surface area contributed by atoms with Gasteiger partial charge in [-0.2, -0.15) is 0 Å². The number of carbonyl (C=O) groups is 1. The van der Waals surface area contributed by atoms with Gasteiger partial charge in [0, 0.05) is 5.57 Å². The molecule has 0 heterocycles. The molecule has 0 radical (unpaired) electrons. The summed E-state index contributed by atoms with van der Waals surface area (Å²) in [4.78, 5) is 11.2. The molecular formula is C9H16O4. The second-order valence-electron chi connectivity index (χ2n) is 3.02. The number of rotatable bonds is 4. The highest BCUT2D eigenvalue weighted by atomic mass is 16.6. The lowest BCUT2D eigenvalue weighted by molar-refractivity contribution is -0.148. The number of aliphatic hydroxyl groups excluding tert-OH is 2. The van der Waals surface area contributed by atoms with Gasteiger partial charge in [0.05, 0.1) is 13.2 Å². The molecule has 0 atom stereocenters. The zero-order chi connectivity index (χ0) is 10.4. The first-order valence-electron chi connectivity index (χ1n) is 4.09. The molecule has 0 aliphatic rings. The van der Waals surface area contributed by atoms with Gasteiger partial charge in [0.15, 0.2) is 0 Å². The molecule has 0 rings (SSSR count). The summed E-state index contributed by atoms with van der Waals surface area (Å²) in [6.07, 6.45) is -0.818. The van der Waals surface area contributed by atoms with Crippen molar-refractivity contribution in [1.29, 1.82) is 0 Å². The van der Waals surface area contributed by atoms with Gasteiger partial charge in [-0.3, -0.25) is 0 Å². The van der Waals surface area contributed by atoms with Crippen molar-refractivity contribution < 1.29 is 19.7 Å². The van der Waals surface area contributed by atoms with Gasteiger partial charge in [0.25, 0.3) is 0 Å². The Bertz CT molecular complexity index is 200. The Hall–Kier alpha value is -0.870. The lowest BCUT2D eigenvalue weighted by atomic mass is 10.2. The SMILES string of the molecule is CC(C)=C(C)C(=O)OC(CO)CO. The van der Waals surface area contributed by atoms with Crippen molar-refractivity contribution in [2.75, 3.05) is 13.2 Å². The van der Waals surface area contributed by atoms with E-state index in [1.807, 2.05) is 0 Å². The molecule has 0 aliphatic heterocycles. The number of hydrogen-bond acceptors (Lipinski definition) is 4. The van der Waals surface area contributed by atoms with Crippen LogP contribution in [0.1, 0.15) is 20.8 Å². The third kappa shape index (κ3) is 4.05. The number of aliphatic hydroxyl groups is 2. The van der Waals surface area contributed by atoms with Crippen molar-refractivity contribution in [3.8, 4) is 0 Å². The summed E-state index contributed by atoms with van der Waals surface area (Å²) in [6.45, 7) is 4.51. The number of carbonyl (C=O) groups excluding carboxylic acids is 1. The first-order chi connectivity index (χ1) is 6.02. The normalized spacial score (nSPS) is 10.0. The second kappa shape index (κ2) is 5.72. The predicted octanol–water partition coefficient (Wildman–Crippen LogP) is 0.239. The van der Waals surface area contributed by atoms with Crippen molar-refractivity contribution in [1.82, 2.24) is 0 Å². The Morgan fingerprint density at radius 1 is 1.23 bits per heavy atom. The smallest absolute Gasteiger partial charge is 0.334 e. The van der Waals surface area contributed by atoms with Gasteiger partial charge in [0.2, 0.25) is 0 Å². The Kier molecular flexibility index (Phi) is 5.34. The van der Waals surface area contributed by atoms with E-state index in [-0.39, 0.29) is 13.2 Å². The van der Waals surface area contributed by atoms with Crippen molar-refractivity contribution in [3.63, 3.8) is 0 Å². The summed E-state index contributed by atoms with van der Waals surface area (Å²) in [7, 11) is 0. The van der Waals surface area contributed by atoms with Crippen LogP contribution in [0.4, 0.5) is 0 Å². The minimum Gasteiger partial charge on any atom is -0.454 e. The zero-order valence-electron chi connectivity index (χ0n) is 8.20. The lowest BCUT2D eigenvalue weighted by Gasteiger charge is -2.13. The van der Waals surface area contributed by atoms with E-state index in [0.29, 0.717) is 5.57 Å². The molecule has 0 aromatic carbocycles. The Balaban J connectivity index is 4.23. The minimum atomic E-state index is -0.818. The average Bonchev–Trinajstić information content (AvgIpc) is 2.12. The Morgan fingerprint density at radius 2 is 1.69 bits per heavy atom. The average molecular weight is 188 g/mol. The number of allylic oxidation sites excluding steroid dienone is 1. The molecule has 0 unspecified atom stereocenters. The van der Waals surface area contributed by atoms with Crippen LogP contribution >= 0.6 is 0 Å². The van der Waals surface area contributed by atoms with E-state index in [1.54, 1.807) is 20.8 Å². The highest BCUT2D eigenvalue weighted by Gasteiger charge is 2.14. The number of esters is 1. The van der Waals surface area contributed by atoms with Crippen molar-refractivity contribution >= 4 is 5.97 Å². The molecule has 0 fully saturated rings. The summed E-state index contributed by atoms with van der Waals surface area (Å²) in [6, 6.07) is 0.